The molecule has 0 saturated heterocycles. The number of ether oxygens (including phenoxy) is 7. The highest BCUT2D eigenvalue weighted by Gasteiger charge is 2.69. The predicted octanol–water partition coefficient (Wildman–Crippen LogP) is 18.6. The Morgan fingerprint density at radius 2 is 0.833 bits per heavy atom. The van der Waals surface area contributed by atoms with Gasteiger partial charge in [-0.2, -0.15) is 0 Å². The summed E-state index contributed by atoms with van der Waals surface area (Å²) in [6.07, 6.45) is 4.80. The number of aliphatic hydroxyl groups is 3. The first-order chi connectivity index (χ1) is 56.7. The van der Waals surface area contributed by atoms with Crippen molar-refractivity contribution in [1.29, 1.82) is 0 Å². The maximum Gasteiger partial charge on any atom is 0.407 e. The normalized spacial score (nSPS) is 30.5. The molecule has 0 heterocycles. The molecule has 0 spiro atoms. The Bertz CT molecular complexity index is 4690. The van der Waals surface area contributed by atoms with E-state index in [1.807, 2.05) is 86.6 Å². The van der Waals surface area contributed by atoms with Gasteiger partial charge in [-0.3, -0.25) is 24.0 Å². The van der Waals surface area contributed by atoms with E-state index in [1.54, 1.807) is 6.92 Å². The van der Waals surface area contributed by atoms with Crippen LogP contribution in [0.3, 0.4) is 0 Å². The first-order valence-electron chi connectivity index (χ1n) is 44.1. The van der Waals surface area contributed by atoms with Crippen LogP contribution in [0.2, 0.25) is 0 Å². The summed E-state index contributed by atoms with van der Waals surface area (Å²) in [6, 6.07) is 32.1. The maximum absolute atomic E-state index is 14.2. The minimum Gasteiger partial charge on any atom is -0.460 e. The minimum absolute atomic E-state index is 0.0463. The van der Waals surface area contributed by atoms with Crippen molar-refractivity contribution in [3.63, 3.8) is 0 Å². The number of alkyl carbamates (subject to hydrolysis) is 2. The van der Waals surface area contributed by atoms with E-state index in [0.29, 0.717) is 37.0 Å². The molecule has 120 heavy (non-hydrogen) atoms. The number of amides is 2. The van der Waals surface area contributed by atoms with E-state index < -0.39 is 130 Å². The second-order valence-electron chi connectivity index (χ2n) is 39.1. The molecule has 2 saturated carbocycles. The largest absolute Gasteiger partial charge is 0.460 e. The Morgan fingerprint density at radius 1 is 0.475 bits per heavy atom. The van der Waals surface area contributed by atoms with Crippen LogP contribution >= 0.6 is 0 Å². The van der Waals surface area contributed by atoms with Crippen molar-refractivity contribution in [2.45, 2.75) is 262 Å². The van der Waals surface area contributed by atoms with Gasteiger partial charge in [0.05, 0.1) is 6.10 Å². The average molecular weight is 1640 g/mol. The molecule has 0 aromatic heterocycles. The van der Waals surface area contributed by atoms with Crippen LogP contribution < -0.4 is 10.6 Å². The van der Waals surface area contributed by atoms with Gasteiger partial charge in [0.15, 0.2) is 0 Å². The summed E-state index contributed by atoms with van der Waals surface area (Å²) in [4.78, 5) is 93.0. The molecule has 10 aliphatic rings. The summed E-state index contributed by atoms with van der Waals surface area (Å²) in [6.45, 7) is 42.1. The highest BCUT2D eigenvalue weighted by molar-refractivity contribution is 5.82. The van der Waals surface area contributed by atoms with E-state index >= 15 is 0 Å². The van der Waals surface area contributed by atoms with Crippen molar-refractivity contribution in [1.82, 2.24) is 10.6 Å². The predicted molar refractivity (Wildman–Crippen MR) is 461 cm³/mol. The van der Waals surface area contributed by atoms with Gasteiger partial charge >= 0.3 is 42.0 Å². The molecule has 4 aromatic carbocycles. The standard InChI is InChI=1S/C66H76N2O11.C35H54O6/c1-37(2)38(3)26-27-39(4)52-29-30-53-49-28-31-55-64(6,7)60(79-57(71)34-68-63(74)76-36-51-47-24-16-12-20-43(47)44-21-13-17-25-48(44)51)54(32-65(55,8)58(49)59(72)61(66(52,53)9)77-40(5)69)78-56(70)33-67-62(73)75-35-50-45-22-14-10-18-41(45)42-19-11-15-23-46(42)50;1-11-28(37)41-26-18-34(9)27(33(7,8)31(26)39)17-14-23-25-16-15-24(21(5)13-12-20(4)19(2)3)35(25,10)32(40-22(6)36)30(38)29(23)34/h10-25,30,37,39,50-52,54-55,59-61,72H,3,26-29,31-36H2,1-2,4-9H3,(H,67,73)(H,68,74);16,19,21,24,26-27,30-32,38-39H,4,11-15,17-18H2,1-3,5-10H3/t39-,52-,54-,55+,59-,60+,61+,65?,66?;21-,24-,26-,27+,30-,31+,32+,34?,35?/m11/s1. The lowest BCUT2D eigenvalue weighted by atomic mass is 9.45. The van der Waals surface area contributed by atoms with E-state index in [2.05, 4.69) is 143 Å². The molecule has 4 aromatic rings. The molecule has 18 atom stereocenters. The Labute approximate surface area is 710 Å². The number of hydrogen-bond donors (Lipinski definition) is 5. The van der Waals surface area contributed by atoms with Crippen LogP contribution in [0.1, 0.15) is 235 Å². The van der Waals surface area contributed by atoms with E-state index in [-0.39, 0.29) is 73.5 Å². The molecular weight excluding hydrogens is 1510 g/mol. The van der Waals surface area contributed by atoms with Crippen LogP contribution in [0, 0.1) is 79.8 Å². The Hall–Kier alpha value is -8.91. The molecule has 19 nitrogen and oxygen atoms in total. The fourth-order valence-electron chi connectivity index (χ4n) is 24.7. The van der Waals surface area contributed by atoms with Crippen molar-refractivity contribution in [2.75, 3.05) is 26.3 Å². The zero-order valence-electron chi connectivity index (χ0n) is 73.8. The molecule has 2 amide bonds. The smallest absolute Gasteiger partial charge is 0.407 e. The number of hydrogen-bond acceptors (Lipinski definition) is 17. The Morgan fingerprint density at radius 3 is 1.21 bits per heavy atom. The average Bonchev–Trinajstić information content (AvgIpc) is 1.15. The summed E-state index contributed by atoms with van der Waals surface area (Å²) in [5, 5.41) is 41.9. The topological polar surface area (TPSA) is 269 Å². The van der Waals surface area contributed by atoms with Crippen LogP contribution in [-0.4, -0.2) is 132 Å². The van der Waals surface area contributed by atoms with Crippen molar-refractivity contribution in [2.24, 2.45) is 79.8 Å². The van der Waals surface area contributed by atoms with Crippen molar-refractivity contribution >= 4 is 42.0 Å². The van der Waals surface area contributed by atoms with Crippen molar-refractivity contribution < 1.29 is 82.0 Å². The van der Waals surface area contributed by atoms with Crippen LogP contribution in [-0.2, 0) is 57.1 Å². The molecule has 5 N–H and O–H groups in total. The van der Waals surface area contributed by atoms with Crippen LogP contribution in [0.25, 0.3) is 22.3 Å². The molecular formula is C101H130N2O17. The zero-order chi connectivity index (χ0) is 86.8. The van der Waals surface area contributed by atoms with E-state index in [4.69, 9.17) is 33.2 Å². The maximum atomic E-state index is 14.2. The third-order valence-electron chi connectivity index (χ3n) is 30.9. The van der Waals surface area contributed by atoms with Gasteiger partial charge < -0.3 is 59.1 Å². The lowest BCUT2D eigenvalue weighted by Crippen LogP contribution is -2.64. The van der Waals surface area contributed by atoms with Gasteiger partial charge in [-0.1, -0.05) is 237 Å². The number of fused-ring (bicyclic) bond motifs is 14. The molecule has 14 rings (SSSR count). The third-order valence-corrected chi connectivity index (χ3v) is 30.9. The molecule has 10 aliphatic carbocycles. The number of rotatable bonds is 24. The monoisotopic (exact) mass is 1640 g/mol. The highest BCUT2D eigenvalue weighted by atomic mass is 16.6. The quantitative estimate of drug-likeness (QED) is 0.0248. The number of aliphatic hydroxyl groups excluding tert-OH is 3. The molecule has 646 valence electrons. The number of carbonyl (C=O) groups excluding carboxylic acids is 7. The number of benzene rings is 4. The van der Waals surface area contributed by atoms with Gasteiger partial charge in [0, 0.05) is 48.3 Å². The number of esters is 5. The summed E-state index contributed by atoms with van der Waals surface area (Å²) in [5.74, 6) is -1.62. The zero-order valence-corrected chi connectivity index (χ0v) is 73.8. The van der Waals surface area contributed by atoms with E-state index in [9.17, 15) is 48.9 Å². The summed E-state index contributed by atoms with van der Waals surface area (Å²) >= 11 is 0. The van der Waals surface area contributed by atoms with Gasteiger partial charge in [-0.25, -0.2) is 9.59 Å². The molecule has 19 heteroatoms. The second-order valence-corrected chi connectivity index (χ2v) is 39.1. The number of carbonyl (C=O) groups is 7. The second kappa shape index (κ2) is 34.8. The first-order valence-corrected chi connectivity index (χ1v) is 44.1. The van der Waals surface area contributed by atoms with Gasteiger partial charge in [-0.05, 0) is 219 Å². The van der Waals surface area contributed by atoms with Crippen LogP contribution in [0.5, 0.6) is 0 Å². The van der Waals surface area contributed by atoms with Crippen molar-refractivity contribution in [3.05, 3.63) is 189 Å². The van der Waals surface area contributed by atoms with Crippen LogP contribution in [0.4, 0.5) is 9.59 Å². The summed E-state index contributed by atoms with van der Waals surface area (Å²) in [7, 11) is 0. The molecule has 4 unspecified atom stereocenters. The molecule has 0 aliphatic heterocycles. The van der Waals surface area contributed by atoms with Crippen molar-refractivity contribution in [3.8, 4) is 22.3 Å². The number of nitrogens with one attached hydrogen (secondary N) is 2. The third kappa shape index (κ3) is 16.1. The van der Waals surface area contributed by atoms with Gasteiger partial charge in [0.1, 0.15) is 69.0 Å². The first kappa shape index (κ1) is 88.9. The lowest BCUT2D eigenvalue weighted by molar-refractivity contribution is -0.208. The molecule has 0 bridgehead atoms. The fourth-order valence-corrected chi connectivity index (χ4v) is 24.7. The fraction of sp³-hybridized carbons (Fsp3) is 0.574. The van der Waals surface area contributed by atoms with Gasteiger partial charge in [0.2, 0.25) is 0 Å². The van der Waals surface area contributed by atoms with Gasteiger partial charge in [-0.15, -0.1) is 0 Å². The van der Waals surface area contributed by atoms with E-state index in [1.165, 1.54) is 36.1 Å². The SMILES string of the molecule is C=C(CC[C@@H](C)[C@H]1CC=C2C3=C([C@@H](O)[C@H](OC(C)=O)C21C)C1(C)C[C@@H](OC(=O)CC)[C@H](O)C(C)(C)[C@@H]1CC3)C(C)C.C=C(CC[C@@H](C)[C@H]1CC=C2C3=C([C@@H](O)[C@H](OC(C)=O)C21C)C1(C)C[C@@H](OC(=O)CNC(=O)OCC2c4ccccc4-c4ccccc42)[C@H](OC(=O)CNC(=O)OCC2c4ccccc4-c4ccccc42)C(C)(C)[C@@H]1CC3)C(C)C. The lowest BCUT2D eigenvalue weighted by Gasteiger charge is -2.62. The summed E-state index contributed by atoms with van der Waals surface area (Å²) in [5.41, 5.74) is 13.1. The molecule has 2 fully saturated rings. The van der Waals surface area contributed by atoms with Crippen LogP contribution in [0.15, 0.2) is 167 Å². The minimum atomic E-state index is -1.20. The summed E-state index contributed by atoms with van der Waals surface area (Å²) < 4.78 is 42.4. The van der Waals surface area contributed by atoms with Gasteiger partial charge in [0.25, 0.3) is 0 Å². The van der Waals surface area contributed by atoms with E-state index in [0.717, 1.165) is 118 Å². The Balaban J connectivity index is 0.000000255. The number of allylic oxidation sites excluding steroid dienone is 6. The highest BCUT2D eigenvalue weighted by Crippen LogP contribution is 2.70. The Kier molecular flexibility index (Phi) is 25.8. The molecule has 0 radical (unpaired) electrons.